The van der Waals surface area contributed by atoms with E-state index in [0.717, 1.165) is 0 Å². The van der Waals surface area contributed by atoms with E-state index in [1.165, 1.54) is 24.3 Å². The molecule has 2 aromatic carbocycles. The Bertz CT molecular complexity index is 739. The molecule has 0 saturated heterocycles. The molecular formula is C13H6BrF2NO. The molecule has 2 nitrogen and oxygen atoms in total. The summed E-state index contributed by atoms with van der Waals surface area (Å²) < 4.78 is 32.3. The summed E-state index contributed by atoms with van der Waals surface area (Å²) in [6, 6.07) is 8.46. The second kappa shape index (κ2) is 4.17. The predicted molar refractivity (Wildman–Crippen MR) is 67.1 cm³/mol. The molecular weight excluding hydrogens is 304 g/mol. The van der Waals surface area contributed by atoms with E-state index in [2.05, 4.69) is 20.9 Å². The van der Waals surface area contributed by atoms with Crippen LogP contribution in [0.1, 0.15) is 0 Å². The number of hydrogen-bond donors (Lipinski definition) is 0. The van der Waals surface area contributed by atoms with Gasteiger partial charge in [-0.15, -0.1) is 0 Å². The summed E-state index contributed by atoms with van der Waals surface area (Å²) >= 11 is 3.20. The standard InChI is InChI=1S/C13H6BrF2NO/c14-10-5-9(16)6-11-12(10)18-13(17-11)7-2-1-3-8(15)4-7/h1-6H. The second-order valence-electron chi connectivity index (χ2n) is 3.77. The lowest BCUT2D eigenvalue weighted by Gasteiger charge is -1.94. The highest BCUT2D eigenvalue weighted by Gasteiger charge is 2.12. The number of rotatable bonds is 1. The van der Waals surface area contributed by atoms with Gasteiger partial charge >= 0.3 is 0 Å². The number of fused-ring (bicyclic) bond motifs is 1. The molecule has 5 heteroatoms. The van der Waals surface area contributed by atoms with Gasteiger partial charge in [-0.2, -0.15) is 0 Å². The molecule has 18 heavy (non-hydrogen) atoms. The largest absolute Gasteiger partial charge is 0.435 e. The average Bonchev–Trinajstić information content (AvgIpc) is 2.73. The van der Waals surface area contributed by atoms with E-state index in [-0.39, 0.29) is 11.7 Å². The fourth-order valence-corrected chi connectivity index (χ4v) is 2.21. The Balaban J connectivity index is 2.22. The third kappa shape index (κ3) is 1.90. The van der Waals surface area contributed by atoms with E-state index >= 15 is 0 Å². The zero-order valence-corrected chi connectivity index (χ0v) is 10.5. The minimum absolute atomic E-state index is 0.260. The van der Waals surface area contributed by atoms with Gasteiger partial charge in [0.1, 0.15) is 17.2 Å². The molecule has 1 aromatic heterocycles. The SMILES string of the molecule is Fc1cccc(-c2nc3cc(F)cc(Br)c3o2)c1. The summed E-state index contributed by atoms with van der Waals surface area (Å²) in [4.78, 5) is 4.14. The highest BCUT2D eigenvalue weighted by molar-refractivity contribution is 9.10. The monoisotopic (exact) mass is 309 g/mol. The number of nitrogens with zero attached hydrogens (tertiary/aromatic N) is 1. The van der Waals surface area contributed by atoms with Crippen molar-refractivity contribution in [3.63, 3.8) is 0 Å². The minimum atomic E-state index is -0.409. The van der Waals surface area contributed by atoms with Crippen molar-refractivity contribution in [2.75, 3.05) is 0 Å². The molecule has 0 saturated carbocycles. The molecule has 0 aliphatic carbocycles. The van der Waals surface area contributed by atoms with Crippen molar-refractivity contribution in [3.8, 4) is 11.5 Å². The van der Waals surface area contributed by atoms with Gasteiger partial charge in [-0.05, 0) is 40.2 Å². The summed E-state index contributed by atoms with van der Waals surface area (Å²) in [5.41, 5.74) is 1.34. The van der Waals surface area contributed by atoms with Crippen molar-refractivity contribution in [2.45, 2.75) is 0 Å². The van der Waals surface area contributed by atoms with Gasteiger partial charge < -0.3 is 4.42 Å². The van der Waals surface area contributed by atoms with Gasteiger partial charge in [-0.25, -0.2) is 13.8 Å². The summed E-state index contributed by atoms with van der Waals surface area (Å²) in [6.45, 7) is 0. The molecule has 90 valence electrons. The predicted octanol–water partition coefficient (Wildman–Crippen LogP) is 4.54. The molecule has 0 aliphatic rings. The molecule has 0 atom stereocenters. The fourth-order valence-electron chi connectivity index (χ4n) is 1.70. The molecule has 0 N–H and O–H groups in total. The first-order valence-corrected chi connectivity index (χ1v) is 5.94. The van der Waals surface area contributed by atoms with E-state index in [9.17, 15) is 8.78 Å². The van der Waals surface area contributed by atoms with E-state index < -0.39 is 5.82 Å². The first kappa shape index (κ1) is 11.3. The van der Waals surface area contributed by atoms with Crippen molar-refractivity contribution >= 4 is 27.0 Å². The third-order valence-electron chi connectivity index (χ3n) is 2.48. The molecule has 0 spiro atoms. The summed E-state index contributed by atoms with van der Waals surface area (Å²) in [5.74, 6) is -0.524. The Labute approximate surface area is 109 Å². The van der Waals surface area contributed by atoms with Crippen LogP contribution in [-0.2, 0) is 0 Å². The van der Waals surface area contributed by atoms with Gasteiger partial charge in [0.15, 0.2) is 5.58 Å². The van der Waals surface area contributed by atoms with Gasteiger partial charge in [-0.3, -0.25) is 0 Å². The number of hydrogen-bond acceptors (Lipinski definition) is 2. The summed E-state index contributed by atoms with van der Waals surface area (Å²) in [5, 5.41) is 0. The van der Waals surface area contributed by atoms with Gasteiger partial charge in [0.2, 0.25) is 5.89 Å². The molecule has 0 radical (unpaired) electrons. The number of oxazole rings is 1. The third-order valence-corrected chi connectivity index (χ3v) is 3.07. The van der Waals surface area contributed by atoms with Crippen LogP contribution in [0.5, 0.6) is 0 Å². The molecule has 0 bridgehead atoms. The van der Waals surface area contributed by atoms with Crippen molar-refractivity contribution < 1.29 is 13.2 Å². The maximum atomic E-state index is 13.2. The molecule has 0 amide bonds. The molecule has 0 fully saturated rings. The second-order valence-corrected chi connectivity index (χ2v) is 4.62. The van der Waals surface area contributed by atoms with Crippen LogP contribution in [0.15, 0.2) is 45.3 Å². The van der Waals surface area contributed by atoms with E-state index in [0.29, 0.717) is 21.1 Å². The topological polar surface area (TPSA) is 26.0 Å². The van der Waals surface area contributed by atoms with Crippen LogP contribution >= 0.6 is 15.9 Å². The first-order valence-electron chi connectivity index (χ1n) is 5.15. The van der Waals surface area contributed by atoms with Crippen LogP contribution in [0.25, 0.3) is 22.6 Å². The molecule has 3 aromatic rings. The van der Waals surface area contributed by atoms with Crippen LogP contribution in [0.4, 0.5) is 8.78 Å². The first-order chi connectivity index (χ1) is 8.63. The van der Waals surface area contributed by atoms with E-state index in [4.69, 9.17) is 4.42 Å². The van der Waals surface area contributed by atoms with Gasteiger partial charge in [0.05, 0.1) is 4.47 Å². The van der Waals surface area contributed by atoms with Crippen LogP contribution in [-0.4, -0.2) is 4.98 Å². The van der Waals surface area contributed by atoms with E-state index in [1.54, 1.807) is 12.1 Å². The molecule has 0 unspecified atom stereocenters. The fraction of sp³-hybridized carbons (Fsp3) is 0. The van der Waals surface area contributed by atoms with Crippen LogP contribution in [0.2, 0.25) is 0 Å². The Morgan fingerprint density at radius 3 is 2.67 bits per heavy atom. The maximum Gasteiger partial charge on any atom is 0.227 e. The Hall–Kier alpha value is -1.75. The lowest BCUT2D eigenvalue weighted by Crippen LogP contribution is -1.79. The zero-order valence-electron chi connectivity index (χ0n) is 8.95. The van der Waals surface area contributed by atoms with Crippen molar-refractivity contribution in [2.24, 2.45) is 0 Å². The van der Waals surface area contributed by atoms with Crippen molar-refractivity contribution in [1.82, 2.24) is 4.98 Å². The van der Waals surface area contributed by atoms with E-state index in [1.807, 2.05) is 0 Å². The zero-order chi connectivity index (χ0) is 12.7. The number of benzene rings is 2. The normalized spacial score (nSPS) is 11.1. The Kier molecular flexibility index (Phi) is 2.63. The number of aromatic nitrogens is 1. The van der Waals surface area contributed by atoms with Crippen LogP contribution < -0.4 is 0 Å². The average molecular weight is 310 g/mol. The van der Waals surface area contributed by atoms with Crippen LogP contribution in [0, 0.1) is 11.6 Å². The van der Waals surface area contributed by atoms with Gasteiger partial charge in [0.25, 0.3) is 0 Å². The highest BCUT2D eigenvalue weighted by Crippen LogP contribution is 2.30. The molecule has 3 rings (SSSR count). The van der Waals surface area contributed by atoms with Gasteiger partial charge in [-0.1, -0.05) is 6.07 Å². The summed E-state index contributed by atoms with van der Waals surface area (Å²) in [7, 11) is 0. The lowest BCUT2D eigenvalue weighted by molar-refractivity contribution is 0.606. The van der Waals surface area contributed by atoms with Crippen molar-refractivity contribution in [3.05, 3.63) is 52.5 Å². The quantitative estimate of drug-likeness (QED) is 0.660. The lowest BCUT2D eigenvalue weighted by atomic mass is 10.2. The summed E-state index contributed by atoms with van der Waals surface area (Å²) in [6.07, 6.45) is 0. The van der Waals surface area contributed by atoms with Crippen molar-refractivity contribution in [1.29, 1.82) is 0 Å². The minimum Gasteiger partial charge on any atom is -0.435 e. The maximum absolute atomic E-state index is 13.2. The Morgan fingerprint density at radius 2 is 1.89 bits per heavy atom. The molecule has 1 heterocycles. The smallest absolute Gasteiger partial charge is 0.227 e. The molecule has 0 aliphatic heterocycles. The van der Waals surface area contributed by atoms with Gasteiger partial charge in [0, 0.05) is 11.6 Å². The number of halogens is 3. The van der Waals surface area contributed by atoms with Crippen LogP contribution in [0.3, 0.4) is 0 Å². The Morgan fingerprint density at radius 1 is 1.06 bits per heavy atom. The highest BCUT2D eigenvalue weighted by atomic mass is 79.9.